The van der Waals surface area contributed by atoms with Gasteiger partial charge < -0.3 is 15.0 Å². The normalized spacial score (nSPS) is 32.3. The SMILES string of the molecule is CCCN1CCCC(NC2CCCOC2)CC1. The Morgan fingerprint density at radius 1 is 1.12 bits per heavy atom. The van der Waals surface area contributed by atoms with E-state index in [0.717, 1.165) is 19.3 Å². The minimum absolute atomic E-state index is 0.617. The molecule has 3 nitrogen and oxygen atoms in total. The molecule has 3 heteroatoms. The van der Waals surface area contributed by atoms with Gasteiger partial charge in [-0.05, 0) is 58.2 Å². The fraction of sp³-hybridized carbons (Fsp3) is 1.00. The average Bonchev–Trinajstić information content (AvgIpc) is 2.57. The lowest BCUT2D eigenvalue weighted by Gasteiger charge is -2.28. The molecule has 0 radical (unpaired) electrons. The lowest BCUT2D eigenvalue weighted by atomic mass is 10.1. The smallest absolute Gasteiger partial charge is 0.0619 e. The molecule has 0 bridgehead atoms. The van der Waals surface area contributed by atoms with Crippen molar-refractivity contribution in [3.63, 3.8) is 0 Å². The van der Waals surface area contributed by atoms with E-state index in [1.807, 2.05) is 0 Å². The van der Waals surface area contributed by atoms with Crippen LogP contribution in [0.25, 0.3) is 0 Å². The van der Waals surface area contributed by atoms with Gasteiger partial charge in [-0.3, -0.25) is 0 Å². The fourth-order valence-corrected chi connectivity index (χ4v) is 3.07. The largest absolute Gasteiger partial charge is 0.380 e. The van der Waals surface area contributed by atoms with Crippen molar-refractivity contribution in [2.24, 2.45) is 0 Å². The second-order valence-electron chi connectivity index (χ2n) is 5.55. The second kappa shape index (κ2) is 7.34. The first kappa shape index (κ1) is 13.3. The number of hydrogen-bond donors (Lipinski definition) is 1. The van der Waals surface area contributed by atoms with E-state index in [0.29, 0.717) is 6.04 Å². The molecule has 0 aromatic heterocycles. The van der Waals surface area contributed by atoms with Crippen molar-refractivity contribution < 1.29 is 4.74 Å². The monoisotopic (exact) mass is 240 g/mol. The molecular weight excluding hydrogens is 212 g/mol. The number of rotatable bonds is 4. The molecule has 1 N–H and O–H groups in total. The molecule has 2 aliphatic rings. The maximum atomic E-state index is 5.54. The third-order valence-corrected chi connectivity index (χ3v) is 3.99. The Bertz CT molecular complexity index is 204. The van der Waals surface area contributed by atoms with Crippen LogP contribution in [0.1, 0.15) is 45.4 Å². The van der Waals surface area contributed by atoms with E-state index in [2.05, 4.69) is 17.1 Å². The summed E-state index contributed by atoms with van der Waals surface area (Å²) in [5, 5.41) is 3.81. The van der Waals surface area contributed by atoms with E-state index in [-0.39, 0.29) is 0 Å². The summed E-state index contributed by atoms with van der Waals surface area (Å²) in [6.45, 7) is 8.02. The Hall–Kier alpha value is -0.120. The summed E-state index contributed by atoms with van der Waals surface area (Å²) in [5.74, 6) is 0. The maximum absolute atomic E-state index is 5.54. The standard InChI is InChI=1S/C14H28N2O/c1-2-8-16-9-3-5-13(7-10-16)15-14-6-4-11-17-12-14/h13-15H,2-12H2,1H3. The van der Waals surface area contributed by atoms with Gasteiger partial charge in [0.25, 0.3) is 0 Å². The molecule has 0 spiro atoms. The molecule has 2 heterocycles. The van der Waals surface area contributed by atoms with Gasteiger partial charge >= 0.3 is 0 Å². The minimum Gasteiger partial charge on any atom is -0.380 e. The summed E-state index contributed by atoms with van der Waals surface area (Å²) in [6, 6.07) is 1.34. The van der Waals surface area contributed by atoms with Crippen LogP contribution in [0.2, 0.25) is 0 Å². The zero-order valence-corrected chi connectivity index (χ0v) is 11.3. The van der Waals surface area contributed by atoms with Gasteiger partial charge in [-0.15, -0.1) is 0 Å². The van der Waals surface area contributed by atoms with Crippen molar-refractivity contribution in [1.82, 2.24) is 10.2 Å². The highest BCUT2D eigenvalue weighted by molar-refractivity contribution is 4.80. The summed E-state index contributed by atoms with van der Waals surface area (Å²) in [5.41, 5.74) is 0. The molecule has 0 aromatic rings. The quantitative estimate of drug-likeness (QED) is 0.813. The van der Waals surface area contributed by atoms with Gasteiger partial charge in [0, 0.05) is 18.7 Å². The molecule has 2 atom stereocenters. The van der Waals surface area contributed by atoms with Crippen molar-refractivity contribution in [3.05, 3.63) is 0 Å². The van der Waals surface area contributed by atoms with Gasteiger partial charge in [0.1, 0.15) is 0 Å². The van der Waals surface area contributed by atoms with Gasteiger partial charge in [0.05, 0.1) is 6.61 Å². The van der Waals surface area contributed by atoms with Crippen LogP contribution in [0.4, 0.5) is 0 Å². The number of likely N-dealkylation sites (tertiary alicyclic amines) is 1. The van der Waals surface area contributed by atoms with Gasteiger partial charge in [0.15, 0.2) is 0 Å². The molecule has 2 fully saturated rings. The predicted octanol–water partition coefficient (Wildman–Crippen LogP) is 2.02. The fourth-order valence-electron chi connectivity index (χ4n) is 3.07. The zero-order chi connectivity index (χ0) is 11.9. The van der Waals surface area contributed by atoms with Crippen LogP contribution < -0.4 is 5.32 Å². The molecule has 2 unspecified atom stereocenters. The molecular formula is C14H28N2O. The third kappa shape index (κ3) is 4.57. The average molecular weight is 240 g/mol. The maximum Gasteiger partial charge on any atom is 0.0619 e. The van der Waals surface area contributed by atoms with E-state index in [4.69, 9.17) is 4.74 Å². The van der Waals surface area contributed by atoms with Crippen molar-refractivity contribution in [3.8, 4) is 0 Å². The van der Waals surface area contributed by atoms with Crippen LogP contribution in [0.15, 0.2) is 0 Å². The van der Waals surface area contributed by atoms with E-state index in [9.17, 15) is 0 Å². The van der Waals surface area contributed by atoms with E-state index in [1.165, 1.54) is 58.2 Å². The third-order valence-electron chi connectivity index (χ3n) is 3.99. The Labute approximate surface area is 106 Å². The van der Waals surface area contributed by atoms with Crippen molar-refractivity contribution >= 4 is 0 Å². The number of ether oxygens (including phenoxy) is 1. The van der Waals surface area contributed by atoms with Gasteiger partial charge in [-0.2, -0.15) is 0 Å². The summed E-state index contributed by atoms with van der Waals surface area (Å²) in [6.07, 6.45) is 7.83. The first-order chi connectivity index (χ1) is 8.38. The second-order valence-corrected chi connectivity index (χ2v) is 5.55. The Balaban J connectivity index is 1.70. The van der Waals surface area contributed by atoms with E-state index < -0.39 is 0 Å². The molecule has 2 aliphatic heterocycles. The van der Waals surface area contributed by atoms with Crippen LogP contribution in [0.5, 0.6) is 0 Å². The summed E-state index contributed by atoms with van der Waals surface area (Å²) >= 11 is 0. The predicted molar refractivity (Wildman–Crippen MR) is 71.3 cm³/mol. The molecule has 100 valence electrons. The Morgan fingerprint density at radius 2 is 2.00 bits per heavy atom. The summed E-state index contributed by atoms with van der Waals surface area (Å²) < 4.78 is 5.54. The summed E-state index contributed by atoms with van der Waals surface area (Å²) in [4.78, 5) is 2.62. The highest BCUT2D eigenvalue weighted by Crippen LogP contribution is 2.14. The molecule has 2 saturated heterocycles. The van der Waals surface area contributed by atoms with Gasteiger partial charge in [-0.25, -0.2) is 0 Å². The number of hydrogen-bond acceptors (Lipinski definition) is 3. The molecule has 0 amide bonds. The van der Waals surface area contributed by atoms with Crippen LogP contribution in [0.3, 0.4) is 0 Å². The minimum atomic E-state index is 0.617. The van der Waals surface area contributed by atoms with E-state index in [1.54, 1.807) is 0 Å². The molecule has 0 aliphatic carbocycles. The Morgan fingerprint density at radius 3 is 2.76 bits per heavy atom. The molecule has 17 heavy (non-hydrogen) atoms. The Kier molecular flexibility index (Phi) is 5.75. The lowest BCUT2D eigenvalue weighted by Crippen LogP contribution is -2.43. The van der Waals surface area contributed by atoms with E-state index >= 15 is 0 Å². The van der Waals surface area contributed by atoms with Gasteiger partial charge in [-0.1, -0.05) is 6.92 Å². The highest BCUT2D eigenvalue weighted by atomic mass is 16.5. The van der Waals surface area contributed by atoms with Crippen LogP contribution in [-0.4, -0.2) is 49.8 Å². The van der Waals surface area contributed by atoms with Crippen molar-refractivity contribution in [2.75, 3.05) is 32.8 Å². The van der Waals surface area contributed by atoms with Gasteiger partial charge in [0.2, 0.25) is 0 Å². The molecule has 0 aromatic carbocycles. The van der Waals surface area contributed by atoms with Crippen molar-refractivity contribution in [1.29, 1.82) is 0 Å². The molecule has 2 rings (SSSR count). The number of nitrogens with zero attached hydrogens (tertiary/aromatic N) is 1. The topological polar surface area (TPSA) is 24.5 Å². The van der Waals surface area contributed by atoms with Crippen LogP contribution in [0, 0.1) is 0 Å². The van der Waals surface area contributed by atoms with Crippen LogP contribution in [-0.2, 0) is 4.74 Å². The summed E-state index contributed by atoms with van der Waals surface area (Å²) in [7, 11) is 0. The number of nitrogens with one attached hydrogen (secondary N) is 1. The first-order valence-electron chi connectivity index (χ1n) is 7.44. The lowest BCUT2D eigenvalue weighted by molar-refractivity contribution is 0.0655. The van der Waals surface area contributed by atoms with Crippen LogP contribution >= 0.6 is 0 Å². The first-order valence-corrected chi connectivity index (χ1v) is 7.44. The zero-order valence-electron chi connectivity index (χ0n) is 11.3. The highest BCUT2D eigenvalue weighted by Gasteiger charge is 2.21. The molecule has 0 saturated carbocycles. The van der Waals surface area contributed by atoms with Crippen molar-refractivity contribution in [2.45, 2.75) is 57.5 Å².